The average Bonchev–Trinajstić information content (AvgIpc) is 2.99. The van der Waals surface area contributed by atoms with Crippen LogP contribution in [0.2, 0.25) is 0 Å². The topological polar surface area (TPSA) is 94.0 Å². The summed E-state index contributed by atoms with van der Waals surface area (Å²) in [6.45, 7) is 3.23. The number of sulfone groups is 1. The highest BCUT2D eigenvalue weighted by Crippen LogP contribution is 2.23. The van der Waals surface area contributed by atoms with E-state index in [0.717, 1.165) is 6.26 Å². The average molecular weight is 390 g/mol. The molecule has 3 aromatic rings. The van der Waals surface area contributed by atoms with Gasteiger partial charge in [-0.25, -0.2) is 17.5 Å². The molecule has 0 aliphatic carbocycles. The number of carbonyl (C=O) groups is 1. The third kappa shape index (κ3) is 4.30. The zero-order valence-corrected chi connectivity index (χ0v) is 15.9. The summed E-state index contributed by atoms with van der Waals surface area (Å²) in [7, 11) is -3.29. The van der Waals surface area contributed by atoms with E-state index in [2.05, 4.69) is 15.4 Å². The van der Waals surface area contributed by atoms with Gasteiger partial charge in [0, 0.05) is 29.6 Å². The Morgan fingerprint density at radius 3 is 2.67 bits per heavy atom. The standard InChI is InChI=1S/C18H19FN4O3S/c1-18(2,11-27(3,25)26)21-17(24)13-6-7-15(19)16-14(13)10-23(22-16)12-5-4-8-20-9-12/h4-10H,11H2,1-3H3,(H,21,24). The maximum Gasteiger partial charge on any atom is 0.252 e. The van der Waals surface area contributed by atoms with Gasteiger partial charge >= 0.3 is 0 Å². The molecule has 0 saturated carbocycles. The molecule has 7 nitrogen and oxygen atoms in total. The van der Waals surface area contributed by atoms with Crippen LogP contribution in [-0.2, 0) is 9.84 Å². The number of nitrogens with one attached hydrogen (secondary N) is 1. The third-order valence-electron chi connectivity index (χ3n) is 3.86. The minimum atomic E-state index is -3.29. The van der Waals surface area contributed by atoms with Gasteiger partial charge in [-0.2, -0.15) is 5.10 Å². The van der Waals surface area contributed by atoms with Crippen molar-refractivity contribution in [1.29, 1.82) is 0 Å². The molecule has 2 aromatic heterocycles. The van der Waals surface area contributed by atoms with Crippen molar-refractivity contribution in [2.45, 2.75) is 19.4 Å². The van der Waals surface area contributed by atoms with Gasteiger partial charge in [-0.3, -0.25) is 9.78 Å². The van der Waals surface area contributed by atoms with Gasteiger partial charge in [0.1, 0.15) is 15.4 Å². The predicted octanol–water partition coefficient (Wildman–Crippen LogP) is 2.11. The molecule has 0 fully saturated rings. The van der Waals surface area contributed by atoms with Crippen molar-refractivity contribution in [1.82, 2.24) is 20.1 Å². The molecule has 0 radical (unpaired) electrons. The van der Waals surface area contributed by atoms with Crippen molar-refractivity contribution in [2.24, 2.45) is 0 Å². The van der Waals surface area contributed by atoms with Crippen LogP contribution in [0, 0.1) is 5.82 Å². The molecule has 1 N–H and O–H groups in total. The fraction of sp³-hybridized carbons (Fsp3) is 0.278. The summed E-state index contributed by atoms with van der Waals surface area (Å²) in [6.07, 6.45) is 5.83. The second-order valence-electron chi connectivity index (χ2n) is 7.05. The Morgan fingerprint density at radius 1 is 1.30 bits per heavy atom. The highest BCUT2D eigenvalue weighted by atomic mass is 32.2. The summed E-state index contributed by atoms with van der Waals surface area (Å²) >= 11 is 0. The van der Waals surface area contributed by atoms with Crippen molar-refractivity contribution in [2.75, 3.05) is 12.0 Å². The van der Waals surface area contributed by atoms with Gasteiger partial charge in [0.15, 0.2) is 5.82 Å². The van der Waals surface area contributed by atoms with Crippen LogP contribution in [0.25, 0.3) is 16.6 Å². The molecular weight excluding hydrogens is 371 g/mol. The fourth-order valence-electron chi connectivity index (χ4n) is 2.96. The van der Waals surface area contributed by atoms with Crippen LogP contribution < -0.4 is 5.32 Å². The molecule has 1 amide bonds. The van der Waals surface area contributed by atoms with Crippen LogP contribution in [0.5, 0.6) is 0 Å². The zero-order valence-electron chi connectivity index (χ0n) is 15.1. The molecular formula is C18H19FN4O3S. The first kappa shape index (κ1) is 19.0. The van der Waals surface area contributed by atoms with E-state index in [9.17, 15) is 17.6 Å². The first-order chi connectivity index (χ1) is 12.6. The Bertz CT molecular complexity index is 1110. The lowest BCUT2D eigenvalue weighted by atomic mass is 10.1. The number of carbonyl (C=O) groups excluding carboxylic acids is 1. The smallest absolute Gasteiger partial charge is 0.252 e. The Hall–Kier alpha value is -2.81. The van der Waals surface area contributed by atoms with Gasteiger partial charge in [-0.15, -0.1) is 0 Å². The summed E-state index contributed by atoms with van der Waals surface area (Å²) < 4.78 is 38.8. The third-order valence-corrected chi connectivity index (χ3v) is 5.10. The maximum atomic E-state index is 14.2. The van der Waals surface area contributed by atoms with E-state index in [0.29, 0.717) is 11.1 Å². The summed E-state index contributed by atoms with van der Waals surface area (Å²) in [6, 6.07) is 6.01. The van der Waals surface area contributed by atoms with Crippen molar-refractivity contribution in [3.8, 4) is 5.69 Å². The summed E-state index contributed by atoms with van der Waals surface area (Å²) in [5.41, 5.74) is -0.0996. The van der Waals surface area contributed by atoms with Gasteiger partial charge < -0.3 is 5.32 Å². The summed E-state index contributed by atoms with van der Waals surface area (Å²) in [5.74, 6) is -1.27. The van der Waals surface area contributed by atoms with E-state index in [1.807, 2.05) is 0 Å². The van der Waals surface area contributed by atoms with Gasteiger partial charge in [0.05, 0.1) is 23.2 Å². The van der Waals surface area contributed by atoms with Crippen LogP contribution in [0.15, 0.2) is 42.9 Å². The minimum Gasteiger partial charge on any atom is -0.346 e. The number of aromatic nitrogens is 3. The predicted molar refractivity (Wildman–Crippen MR) is 100 cm³/mol. The largest absolute Gasteiger partial charge is 0.346 e. The molecule has 3 rings (SSSR count). The Morgan fingerprint density at radius 2 is 2.04 bits per heavy atom. The van der Waals surface area contributed by atoms with E-state index in [1.165, 1.54) is 16.8 Å². The molecule has 142 valence electrons. The van der Waals surface area contributed by atoms with Crippen LogP contribution >= 0.6 is 0 Å². The van der Waals surface area contributed by atoms with Crippen molar-refractivity contribution in [3.05, 3.63) is 54.2 Å². The monoisotopic (exact) mass is 390 g/mol. The molecule has 2 heterocycles. The minimum absolute atomic E-state index is 0.0485. The lowest BCUT2D eigenvalue weighted by Gasteiger charge is -2.25. The molecule has 0 aliphatic rings. The van der Waals surface area contributed by atoms with Gasteiger partial charge in [-0.1, -0.05) is 0 Å². The lowest BCUT2D eigenvalue weighted by Crippen LogP contribution is -2.48. The van der Waals surface area contributed by atoms with Crippen LogP contribution in [-0.4, -0.2) is 46.6 Å². The second-order valence-corrected chi connectivity index (χ2v) is 9.19. The highest BCUT2D eigenvalue weighted by molar-refractivity contribution is 7.90. The van der Waals surface area contributed by atoms with Crippen molar-refractivity contribution in [3.63, 3.8) is 0 Å². The summed E-state index contributed by atoms with van der Waals surface area (Å²) in [5, 5.41) is 7.23. The van der Waals surface area contributed by atoms with Gasteiger partial charge in [-0.05, 0) is 38.1 Å². The van der Waals surface area contributed by atoms with E-state index in [4.69, 9.17) is 0 Å². The fourth-order valence-corrected chi connectivity index (χ4v) is 4.34. The van der Waals surface area contributed by atoms with Crippen LogP contribution in [0.1, 0.15) is 24.2 Å². The number of nitrogens with zero attached hydrogens (tertiary/aromatic N) is 3. The van der Waals surface area contributed by atoms with Crippen LogP contribution in [0.4, 0.5) is 4.39 Å². The quantitative estimate of drug-likeness (QED) is 0.720. The van der Waals surface area contributed by atoms with Crippen LogP contribution in [0.3, 0.4) is 0 Å². The van der Waals surface area contributed by atoms with Gasteiger partial charge in [0.2, 0.25) is 0 Å². The van der Waals surface area contributed by atoms with E-state index < -0.39 is 27.1 Å². The molecule has 0 aliphatic heterocycles. The molecule has 0 bridgehead atoms. The van der Waals surface area contributed by atoms with E-state index in [1.54, 1.807) is 44.6 Å². The zero-order chi connectivity index (χ0) is 19.8. The number of hydrogen-bond acceptors (Lipinski definition) is 5. The number of fused-ring (bicyclic) bond motifs is 1. The number of hydrogen-bond donors (Lipinski definition) is 1. The molecule has 0 atom stereocenters. The first-order valence-corrected chi connectivity index (χ1v) is 10.2. The number of halogens is 1. The number of benzene rings is 1. The molecule has 1 aromatic carbocycles. The Balaban J connectivity index is 2.01. The SMILES string of the molecule is CC(C)(CS(C)(=O)=O)NC(=O)c1ccc(F)c2nn(-c3cccnc3)cc12. The number of amides is 1. The number of rotatable bonds is 5. The lowest BCUT2D eigenvalue weighted by molar-refractivity contribution is 0.0922. The van der Waals surface area contributed by atoms with Crippen molar-refractivity contribution < 1.29 is 17.6 Å². The van der Waals surface area contributed by atoms with E-state index >= 15 is 0 Å². The molecule has 0 spiro atoms. The molecule has 0 saturated heterocycles. The molecule has 0 unspecified atom stereocenters. The van der Waals surface area contributed by atoms with Crippen molar-refractivity contribution >= 4 is 26.6 Å². The molecule has 27 heavy (non-hydrogen) atoms. The van der Waals surface area contributed by atoms with E-state index in [-0.39, 0.29) is 16.8 Å². The Kier molecular flexibility index (Phi) is 4.73. The second kappa shape index (κ2) is 6.73. The normalized spacial score (nSPS) is 12.3. The first-order valence-electron chi connectivity index (χ1n) is 8.14. The Labute approximate surface area is 156 Å². The number of pyridine rings is 1. The van der Waals surface area contributed by atoms with Gasteiger partial charge in [0.25, 0.3) is 5.91 Å². The highest BCUT2D eigenvalue weighted by Gasteiger charge is 2.27. The molecule has 9 heteroatoms. The summed E-state index contributed by atoms with van der Waals surface area (Å²) in [4.78, 5) is 16.7. The maximum absolute atomic E-state index is 14.2.